The van der Waals surface area contributed by atoms with E-state index in [1.807, 2.05) is 71.4 Å². The fourth-order valence-corrected chi connectivity index (χ4v) is 4.82. The highest BCUT2D eigenvalue weighted by molar-refractivity contribution is 7.80. The Balaban J connectivity index is 1.43. The maximum Gasteiger partial charge on any atom is 0.281 e. The van der Waals surface area contributed by atoms with Crippen molar-refractivity contribution >= 4 is 51.8 Å². The number of anilines is 1. The molecule has 6 nitrogen and oxygen atoms in total. The van der Waals surface area contributed by atoms with Gasteiger partial charge in [-0.1, -0.05) is 49.2 Å². The standard InChI is InChI=1S/C25H24N4O2S/c30-23(26-18-8-4-5-9-18)16-28-15-17(20-12-6-7-13-22(20)28)14-21-24(31)29(25(32)27-21)19-10-2-1-3-11-19/h1-3,6-7,10-15,18H,4-5,8-9,16H2,(H,26,30)(H,27,32)/b21-14-. The van der Waals surface area contributed by atoms with Crippen LogP contribution in [-0.4, -0.2) is 27.5 Å². The molecule has 2 fully saturated rings. The normalized spacial score (nSPS) is 18.0. The second-order valence-corrected chi connectivity index (χ2v) is 8.63. The average Bonchev–Trinajstić information content (AvgIpc) is 3.49. The van der Waals surface area contributed by atoms with Gasteiger partial charge in [-0.25, -0.2) is 0 Å². The number of carbonyl (C=O) groups is 2. The van der Waals surface area contributed by atoms with Gasteiger partial charge in [0.1, 0.15) is 12.2 Å². The molecule has 2 aromatic carbocycles. The molecule has 0 unspecified atom stereocenters. The fraction of sp³-hybridized carbons (Fsp3) is 0.240. The summed E-state index contributed by atoms with van der Waals surface area (Å²) in [7, 11) is 0. The Kier molecular flexibility index (Phi) is 5.49. The van der Waals surface area contributed by atoms with Gasteiger partial charge in [-0.15, -0.1) is 0 Å². The first-order valence-corrected chi connectivity index (χ1v) is 11.3. The molecule has 5 rings (SSSR count). The summed E-state index contributed by atoms with van der Waals surface area (Å²) in [5, 5.41) is 7.52. The Bertz CT molecular complexity index is 1230. The predicted molar refractivity (Wildman–Crippen MR) is 130 cm³/mol. The molecule has 2 aliphatic rings. The monoisotopic (exact) mass is 444 g/mol. The Morgan fingerprint density at radius 1 is 1.09 bits per heavy atom. The van der Waals surface area contributed by atoms with Gasteiger partial charge in [0, 0.05) is 28.7 Å². The average molecular weight is 445 g/mol. The van der Waals surface area contributed by atoms with Crippen molar-refractivity contribution in [3.8, 4) is 0 Å². The second-order valence-electron chi connectivity index (χ2n) is 8.24. The summed E-state index contributed by atoms with van der Waals surface area (Å²) in [6.07, 6.45) is 8.21. The van der Waals surface area contributed by atoms with Gasteiger partial charge in [0.15, 0.2) is 5.11 Å². The SMILES string of the molecule is O=C(Cn1cc(/C=C2\NC(=S)N(c3ccccc3)C2=O)c2ccccc21)NC1CCCC1. The summed E-state index contributed by atoms with van der Waals surface area (Å²) < 4.78 is 1.94. The first kappa shape index (κ1) is 20.5. The molecular formula is C25H24N4O2S. The van der Waals surface area contributed by atoms with Gasteiger partial charge in [-0.05, 0) is 49.3 Å². The molecule has 1 aliphatic heterocycles. The van der Waals surface area contributed by atoms with E-state index in [0.29, 0.717) is 10.8 Å². The van der Waals surface area contributed by atoms with E-state index in [1.165, 1.54) is 17.7 Å². The molecule has 2 amide bonds. The van der Waals surface area contributed by atoms with Gasteiger partial charge < -0.3 is 15.2 Å². The van der Waals surface area contributed by atoms with Crippen LogP contribution in [0, 0.1) is 0 Å². The third kappa shape index (κ3) is 3.91. The third-order valence-electron chi connectivity index (χ3n) is 6.05. The number of hydrogen-bond acceptors (Lipinski definition) is 3. The number of para-hydroxylation sites is 2. The molecule has 2 N–H and O–H groups in total. The van der Waals surface area contributed by atoms with Gasteiger partial charge >= 0.3 is 0 Å². The number of carbonyl (C=O) groups excluding carboxylic acids is 2. The van der Waals surface area contributed by atoms with Crippen LogP contribution >= 0.6 is 12.2 Å². The van der Waals surface area contributed by atoms with E-state index in [4.69, 9.17) is 12.2 Å². The smallest absolute Gasteiger partial charge is 0.281 e. The maximum atomic E-state index is 13.1. The van der Waals surface area contributed by atoms with Crippen LogP contribution in [0.5, 0.6) is 0 Å². The summed E-state index contributed by atoms with van der Waals surface area (Å²) in [5.74, 6) is -0.180. The van der Waals surface area contributed by atoms with Crippen molar-refractivity contribution < 1.29 is 9.59 Å². The number of thiocarbonyl (C=S) groups is 1. The van der Waals surface area contributed by atoms with Crippen LogP contribution in [0.3, 0.4) is 0 Å². The molecule has 0 spiro atoms. The molecule has 0 radical (unpaired) electrons. The first-order valence-electron chi connectivity index (χ1n) is 10.9. The number of rotatable bonds is 5. The fourth-order valence-electron chi connectivity index (χ4n) is 4.52. The maximum absolute atomic E-state index is 13.1. The molecule has 2 heterocycles. The Hall–Kier alpha value is -3.45. The van der Waals surface area contributed by atoms with E-state index in [9.17, 15) is 9.59 Å². The Morgan fingerprint density at radius 3 is 2.59 bits per heavy atom. The number of benzene rings is 2. The molecule has 0 atom stereocenters. The Labute approximate surface area is 191 Å². The predicted octanol–water partition coefficient (Wildman–Crippen LogP) is 3.96. The van der Waals surface area contributed by atoms with Crippen LogP contribution in [-0.2, 0) is 16.1 Å². The lowest BCUT2D eigenvalue weighted by Gasteiger charge is -2.13. The minimum atomic E-state index is -0.197. The van der Waals surface area contributed by atoms with Gasteiger partial charge in [-0.2, -0.15) is 0 Å². The Morgan fingerprint density at radius 2 is 1.81 bits per heavy atom. The molecular weight excluding hydrogens is 420 g/mol. The van der Waals surface area contributed by atoms with Crippen molar-refractivity contribution in [1.82, 2.24) is 15.2 Å². The van der Waals surface area contributed by atoms with Gasteiger partial charge in [-0.3, -0.25) is 14.5 Å². The molecule has 3 aromatic rings. The zero-order chi connectivity index (χ0) is 22.1. The zero-order valence-corrected chi connectivity index (χ0v) is 18.4. The van der Waals surface area contributed by atoms with Crippen LogP contribution in [0.15, 0.2) is 66.5 Å². The molecule has 1 saturated carbocycles. The van der Waals surface area contributed by atoms with Crippen molar-refractivity contribution in [2.75, 3.05) is 4.90 Å². The molecule has 1 saturated heterocycles. The second kappa shape index (κ2) is 8.59. The molecule has 1 aliphatic carbocycles. The van der Waals surface area contributed by atoms with Crippen LogP contribution < -0.4 is 15.5 Å². The molecule has 1 aromatic heterocycles. The highest BCUT2D eigenvalue weighted by Crippen LogP contribution is 2.27. The minimum Gasteiger partial charge on any atom is -0.352 e. The number of fused-ring (bicyclic) bond motifs is 1. The van der Waals surface area contributed by atoms with E-state index in [1.54, 1.807) is 0 Å². The molecule has 7 heteroatoms. The van der Waals surface area contributed by atoms with Crippen LogP contribution in [0.2, 0.25) is 0 Å². The summed E-state index contributed by atoms with van der Waals surface area (Å²) in [6.45, 7) is 0.246. The third-order valence-corrected chi connectivity index (χ3v) is 6.33. The number of amides is 2. The largest absolute Gasteiger partial charge is 0.352 e. The van der Waals surface area contributed by atoms with Crippen molar-refractivity contribution in [2.45, 2.75) is 38.3 Å². The highest BCUT2D eigenvalue weighted by Gasteiger charge is 2.32. The number of aromatic nitrogens is 1. The van der Waals surface area contributed by atoms with E-state index in [0.717, 1.165) is 35.0 Å². The van der Waals surface area contributed by atoms with Crippen molar-refractivity contribution in [3.63, 3.8) is 0 Å². The number of hydrogen-bond donors (Lipinski definition) is 2. The lowest BCUT2D eigenvalue weighted by molar-refractivity contribution is -0.122. The van der Waals surface area contributed by atoms with Gasteiger partial charge in [0.05, 0.1) is 5.69 Å². The van der Waals surface area contributed by atoms with Crippen molar-refractivity contribution in [2.24, 2.45) is 0 Å². The van der Waals surface area contributed by atoms with Gasteiger partial charge in [0.25, 0.3) is 5.91 Å². The van der Waals surface area contributed by atoms with E-state index in [2.05, 4.69) is 10.6 Å². The topological polar surface area (TPSA) is 66.4 Å². The van der Waals surface area contributed by atoms with E-state index >= 15 is 0 Å². The van der Waals surface area contributed by atoms with E-state index in [-0.39, 0.29) is 24.4 Å². The molecule has 32 heavy (non-hydrogen) atoms. The van der Waals surface area contributed by atoms with Gasteiger partial charge in [0.2, 0.25) is 5.91 Å². The summed E-state index contributed by atoms with van der Waals surface area (Å²) in [6, 6.07) is 17.5. The van der Waals surface area contributed by atoms with Crippen molar-refractivity contribution in [3.05, 3.63) is 72.1 Å². The van der Waals surface area contributed by atoms with E-state index < -0.39 is 0 Å². The van der Waals surface area contributed by atoms with Crippen LogP contribution in [0.25, 0.3) is 17.0 Å². The highest BCUT2D eigenvalue weighted by atomic mass is 32.1. The lowest BCUT2D eigenvalue weighted by Crippen LogP contribution is -2.35. The minimum absolute atomic E-state index is 0.0170. The van der Waals surface area contributed by atoms with Crippen LogP contribution in [0.4, 0.5) is 5.69 Å². The molecule has 162 valence electrons. The first-order chi connectivity index (χ1) is 15.6. The number of nitrogens with zero attached hydrogens (tertiary/aromatic N) is 2. The summed E-state index contributed by atoms with van der Waals surface area (Å²) >= 11 is 5.41. The lowest BCUT2D eigenvalue weighted by atomic mass is 10.1. The summed E-state index contributed by atoms with van der Waals surface area (Å²) in [4.78, 5) is 27.2. The molecule has 0 bridgehead atoms. The zero-order valence-electron chi connectivity index (χ0n) is 17.6. The summed E-state index contributed by atoms with van der Waals surface area (Å²) in [5.41, 5.74) is 2.96. The van der Waals surface area contributed by atoms with Crippen molar-refractivity contribution in [1.29, 1.82) is 0 Å². The quantitative estimate of drug-likeness (QED) is 0.462. The van der Waals surface area contributed by atoms with Crippen LogP contribution in [0.1, 0.15) is 31.2 Å². The number of nitrogens with one attached hydrogen (secondary N) is 2.